The van der Waals surface area contributed by atoms with E-state index in [1.807, 2.05) is 0 Å². The Bertz CT molecular complexity index is 1210. The summed E-state index contributed by atoms with van der Waals surface area (Å²) in [5, 5.41) is 11.2. The molecule has 2 aromatic carbocycles. The molecule has 1 saturated heterocycles. The summed E-state index contributed by atoms with van der Waals surface area (Å²) in [6.45, 7) is 1.88. The maximum atomic E-state index is 13.6. The first-order valence-corrected chi connectivity index (χ1v) is 9.98. The van der Waals surface area contributed by atoms with Gasteiger partial charge in [0.25, 0.3) is 11.7 Å². The molecule has 6 nitrogen and oxygen atoms in total. The molecule has 1 atom stereocenters. The van der Waals surface area contributed by atoms with E-state index < -0.39 is 23.5 Å². The number of methoxy groups -OCH3 is 1. The Labute approximate surface area is 184 Å². The fourth-order valence-electron chi connectivity index (χ4n) is 3.90. The highest BCUT2D eigenvalue weighted by atomic mass is 19.1. The van der Waals surface area contributed by atoms with Crippen molar-refractivity contribution in [2.24, 2.45) is 0 Å². The lowest BCUT2D eigenvalue weighted by atomic mass is 9.93. The number of carbonyl (C=O) groups is 2. The summed E-state index contributed by atoms with van der Waals surface area (Å²) in [7, 11) is 1.53. The van der Waals surface area contributed by atoms with E-state index in [2.05, 4.69) is 4.98 Å². The van der Waals surface area contributed by atoms with E-state index in [1.165, 1.54) is 36.3 Å². The van der Waals surface area contributed by atoms with Gasteiger partial charge in [-0.25, -0.2) is 4.39 Å². The monoisotopic (exact) mass is 432 g/mol. The lowest BCUT2D eigenvalue weighted by Gasteiger charge is -2.25. The van der Waals surface area contributed by atoms with Gasteiger partial charge in [-0.15, -0.1) is 0 Å². The minimum Gasteiger partial charge on any atom is -0.507 e. The van der Waals surface area contributed by atoms with E-state index in [1.54, 1.807) is 49.6 Å². The maximum Gasteiger partial charge on any atom is 0.295 e. The van der Waals surface area contributed by atoms with E-state index in [0.717, 1.165) is 5.56 Å². The molecule has 4 rings (SSSR count). The van der Waals surface area contributed by atoms with E-state index >= 15 is 0 Å². The minimum absolute atomic E-state index is 0.0428. The van der Waals surface area contributed by atoms with Gasteiger partial charge < -0.3 is 14.7 Å². The summed E-state index contributed by atoms with van der Waals surface area (Å²) >= 11 is 0. The van der Waals surface area contributed by atoms with Gasteiger partial charge in [0, 0.05) is 24.5 Å². The number of benzene rings is 2. The van der Waals surface area contributed by atoms with Crippen molar-refractivity contribution >= 4 is 17.4 Å². The SMILES string of the molecule is COc1ccc(/C(O)=C2\C(=O)C(=O)N(Cc3cccnc3)[C@H]2c2ccc(F)cc2)c(C)c1. The number of nitrogens with zero attached hydrogens (tertiary/aromatic N) is 2. The molecule has 1 aliphatic heterocycles. The highest BCUT2D eigenvalue weighted by Crippen LogP contribution is 2.41. The normalized spacial score (nSPS) is 17.6. The third kappa shape index (κ3) is 3.85. The minimum atomic E-state index is -0.877. The van der Waals surface area contributed by atoms with Crippen molar-refractivity contribution in [1.29, 1.82) is 0 Å². The number of halogens is 1. The number of aliphatic hydroxyl groups is 1. The molecule has 0 spiro atoms. The highest BCUT2D eigenvalue weighted by Gasteiger charge is 2.46. The van der Waals surface area contributed by atoms with Crippen molar-refractivity contribution in [3.8, 4) is 5.75 Å². The molecule has 2 heterocycles. The number of ether oxygens (including phenoxy) is 1. The number of hydrogen-bond acceptors (Lipinski definition) is 5. The van der Waals surface area contributed by atoms with Gasteiger partial charge >= 0.3 is 0 Å². The first-order valence-electron chi connectivity index (χ1n) is 9.98. The smallest absolute Gasteiger partial charge is 0.295 e. The van der Waals surface area contributed by atoms with Crippen LogP contribution in [0.1, 0.15) is 28.3 Å². The molecule has 32 heavy (non-hydrogen) atoms. The summed E-state index contributed by atoms with van der Waals surface area (Å²) in [6, 6.07) is 13.2. The van der Waals surface area contributed by atoms with Crippen molar-refractivity contribution < 1.29 is 23.8 Å². The Hall–Kier alpha value is -4.00. The second-order valence-corrected chi connectivity index (χ2v) is 7.52. The van der Waals surface area contributed by atoms with Crippen LogP contribution in [-0.2, 0) is 16.1 Å². The Morgan fingerprint density at radius 1 is 1.16 bits per heavy atom. The van der Waals surface area contributed by atoms with Crippen LogP contribution in [0.25, 0.3) is 5.76 Å². The predicted octanol–water partition coefficient (Wildman–Crippen LogP) is 4.16. The molecule has 0 radical (unpaired) electrons. The standard InChI is InChI=1S/C25H21FN2O4/c1-15-12-19(32-2)9-10-20(15)23(29)21-22(17-5-7-18(26)8-6-17)28(25(31)24(21)30)14-16-4-3-11-27-13-16/h3-13,22,29H,14H2,1-2H3/b23-21+/t22-/m0/s1. The lowest BCUT2D eigenvalue weighted by molar-refractivity contribution is -0.140. The van der Waals surface area contributed by atoms with Crippen molar-refractivity contribution in [3.05, 3.63) is 101 Å². The molecular weight excluding hydrogens is 411 g/mol. The van der Waals surface area contributed by atoms with Crippen LogP contribution in [0.2, 0.25) is 0 Å². The largest absolute Gasteiger partial charge is 0.507 e. The Balaban J connectivity index is 1.87. The molecular formula is C25H21FN2O4. The van der Waals surface area contributed by atoms with E-state index in [-0.39, 0.29) is 17.9 Å². The molecule has 0 unspecified atom stereocenters. The highest BCUT2D eigenvalue weighted by molar-refractivity contribution is 6.46. The van der Waals surface area contributed by atoms with E-state index in [4.69, 9.17) is 4.74 Å². The zero-order valence-corrected chi connectivity index (χ0v) is 17.6. The third-order valence-corrected chi connectivity index (χ3v) is 5.49. The maximum absolute atomic E-state index is 13.6. The van der Waals surface area contributed by atoms with Crippen LogP contribution in [0.3, 0.4) is 0 Å². The number of pyridine rings is 1. The van der Waals surface area contributed by atoms with Crippen LogP contribution in [0.15, 0.2) is 72.6 Å². The van der Waals surface area contributed by atoms with Crippen LogP contribution in [0, 0.1) is 12.7 Å². The number of ketones is 1. The Kier molecular flexibility index (Phi) is 5.73. The van der Waals surface area contributed by atoms with Gasteiger partial charge in [-0.2, -0.15) is 0 Å². The second-order valence-electron chi connectivity index (χ2n) is 7.52. The summed E-state index contributed by atoms with van der Waals surface area (Å²) in [5.74, 6) is -1.66. The number of amides is 1. The molecule has 0 bridgehead atoms. The molecule has 1 N–H and O–H groups in total. The van der Waals surface area contributed by atoms with Crippen LogP contribution in [0.4, 0.5) is 4.39 Å². The fraction of sp³-hybridized carbons (Fsp3) is 0.160. The summed E-state index contributed by atoms with van der Waals surface area (Å²) in [6.07, 6.45) is 3.22. The fourth-order valence-corrected chi connectivity index (χ4v) is 3.90. The number of aryl methyl sites for hydroxylation is 1. The van der Waals surface area contributed by atoms with Gasteiger partial charge in [-0.1, -0.05) is 18.2 Å². The van der Waals surface area contributed by atoms with Gasteiger partial charge in [0.1, 0.15) is 17.3 Å². The first-order chi connectivity index (χ1) is 15.4. The quantitative estimate of drug-likeness (QED) is 0.372. The molecule has 1 fully saturated rings. The van der Waals surface area contributed by atoms with Crippen LogP contribution >= 0.6 is 0 Å². The summed E-state index contributed by atoms with van der Waals surface area (Å²) < 4.78 is 18.8. The van der Waals surface area contributed by atoms with Crippen LogP contribution in [0.5, 0.6) is 5.75 Å². The second kappa shape index (κ2) is 8.63. The summed E-state index contributed by atoms with van der Waals surface area (Å²) in [4.78, 5) is 31.5. The molecule has 162 valence electrons. The third-order valence-electron chi connectivity index (χ3n) is 5.49. The topological polar surface area (TPSA) is 79.7 Å². The van der Waals surface area contributed by atoms with Crippen LogP contribution in [-0.4, -0.2) is 33.8 Å². The Morgan fingerprint density at radius 3 is 2.53 bits per heavy atom. The summed E-state index contributed by atoms with van der Waals surface area (Å²) in [5.41, 5.74) is 2.29. The molecule has 7 heteroatoms. The number of aromatic nitrogens is 1. The number of hydrogen-bond donors (Lipinski definition) is 1. The first kappa shape index (κ1) is 21.2. The van der Waals surface area contributed by atoms with Gasteiger partial charge in [0.15, 0.2) is 0 Å². The van der Waals surface area contributed by atoms with E-state index in [0.29, 0.717) is 22.4 Å². The van der Waals surface area contributed by atoms with Crippen molar-refractivity contribution in [2.75, 3.05) is 7.11 Å². The molecule has 0 aliphatic carbocycles. The number of likely N-dealkylation sites (tertiary alicyclic amines) is 1. The zero-order chi connectivity index (χ0) is 22.8. The van der Waals surface area contributed by atoms with Gasteiger partial charge in [-0.05, 0) is 60.0 Å². The number of carbonyl (C=O) groups excluding carboxylic acids is 2. The van der Waals surface area contributed by atoms with E-state index in [9.17, 15) is 19.1 Å². The van der Waals surface area contributed by atoms with Crippen LogP contribution < -0.4 is 4.74 Å². The predicted molar refractivity (Wildman–Crippen MR) is 116 cm³/mol. The van der Waals surface area contributed by atoms with Crippen molar-refractivity contribution in [2.45, 2.75) is 19.5 Å². The molecule has 1 aliphatic rings. The van der Waals surface area contributed by atoms with Gasteiger partial charge in [-0.3, -0.25) is 14.6 Å². The van der Waals surface area contributed by atoms with Gasteiger partial charge in [0.2, 0.25) is 0 Å². The molecule has 1 aromatic heterocycles. The molecule has 0 saturated carbocycles. The Morgan fingerprint density at radius 2 is 1.91 bits per heavy atom. The van der Waals surface area contributed by atoms with Gasteiger partial charge in [0.05, 0.1) is 18.7 Å². The van der Waals surface area contributed by atoms with Crippen molar-refractivity contribution in [3.63, 3.8) is 0 Å². The zero-order valence-electron chi connectivity index (χ0n) is 17.6. The molecule has 1 amide bonds. The number of aliphatic hydroxyl groups excluding tert-OH is 1. The molecule has 3 aromatic rings. The lowest BCUT2D eigenvalue weighted by Crippen LogP contribution is -2.29. The number of rotatable bonds is 5. The van der Waals surface area contributed by atoms with Crippen molar-refractivity contribution in [1.82, 2.24) is 9.88 Å². The number of Topliss-reactive ketones (excluding diaryl/α,β-unsaturated/α-hetero) is 1. The average Bonchev–Trinajstić information content (AvgIpc) is 3.04. The average molecular weight is 432 g/mol.